The number of sulfone groups is 1. The molecule has 1 aromatic heterocycles. The van der Waals surface area contributed by atoms with Gasteiger partial charge < -0.3 is 10.6 Å². The third kappa shape index (κ3) is 3.00. The van der Waals surface area contributed by atoms with Gasteiger partial charge in [-0.15, -0.1) is 0 Å². The zero-order chi connectivity index (χ0) is 14.2. The highest BCUT2D eigenvalue weighted by molar-refractivity contribution is 9.10. The molecule has 0 aromatic carbocycles. The Kier molecular flexibility index (Phi) is 4.32. The van der Waals surface area contributed by atoms with Gasteiger partial charge in [0.25, 0.3) is 0 Å². The summed E-state index contributed by atoms with van der Waals surface area (Å²) in [5.74, 6) is 2.11. The molecule has 1 fully saturated rings. The van der Waals surface area contributed by atoms with Crippen LogP contribution in [0.1, 0.15) is 5.56 Å². The molecule has 1 aliphatic rings. The highest BCUT2D eigenvalue weighted by atomic mass is 79.9. The van der Waals surface area contributed by atoms with Crippen molar-refractivity contribution in [2.24, 2.45) is 0 Å². The summed E-state index contributed by atoms with van der Waals surface area (Å²) in [6, 6.07) is 0. The minimum atomic E-state index is -3.15. The standard InChI is InChI=1S/C11H16BrN3O2S2/c1-7-8(13)5-14-11(10(7)12)15-3-4-18-6-9(15)19(2,16)17/h5,9H,3-4,6,13H2,1-2H3. The second kappa shape index (κ2) is 5.49. The highest BCUT2D eigenvalue weighted by Crippen LogP contribution is 2.34. The van der Waals surface area contributed by atoms with Gasteiger partial charge in [0.1, 0.15) is 11.2 Å². The number of nitrogen functional groups attached to an aromatic ring is 1. The first-order valence-corrected chi connectivity index (χ1v) is 9.66. The molecule has 19 heavy (non-hydrogen) atoms. The van der Waals surface area contributed by atoms with Gasteiger partial charge in [0, 0.05) is 24.3 Å². The molecule has 5 nitrogen and oxygen atoms in total. The SMILES string of the molecule is Cc1c(N)cnc(N2CCSCC2S(C)(=O)=O)c1Br. The van der Waals surface area contributed by atoms with Crippen molar-refractivity contribution in [3.8, 4) is 0 Å². The number of halogens is 1. The van der Waals surface area contributed by atoms with Crippen LogP contribution in [0.15, 0.2) is 10.7 Å². The van der Waals surface area contributed by atoms with E-state index >= 15 is 0 Å². The Morgan fingerprint density at radius 1 is 1.58 bits per heavy atom. The quantitative estimate of drug-likeness (QED) is 0.858. The topological polar surface area (TPSA) is 76.3 Å². The lowest BCUT2D eigenvalue weighted by atomic mass is 10.2. The molecule has 8 heteroatoms. The Labute approximate surface area is 126 Å². The monoisotopic (exact) mass is 365 g/mol. The van der Waals surface area contributed by atoms with Crippen LogP contribution in [0.2, 0.25) is 0 Å². The molecule has 0 radical (unpaired) electrons. The largest absolute Gasteiger partial charge is 0.397 e. The minimum Gasteiger partial charge on any atom is -0.397 e. The number of nitrogens with zero attached hydrogens (tertiary/aromatic N) is 2. The first-order valence-electron chi connectivity index (χ1n) is 5.76. The predicted octanol–water partition coefficient (Wildman–Crippen LogP) is 1.66. The Bertz CT molecular complexity index is 592. The molecule has 106 valence electrons. The van der Waals surface area contributed by atoms with Crippen LogP contribution in [-0.2, 0) is 9.84 Å². The van der Waals surface area contributed by atoms with Gasteiger partial charge in [0.05, 0.1) is 16.4 Å². The van der Waals surface area contributed by atoms with Crippen LogP contribution >= 0.6 is 27.7 Å². The summed E-state index contributed by atoms with van der Waals surface area (Å²) in [4.78, 5) is 6.16. The lowest BCUT2D eigenvalue weighted by Gasteiger charge is -2.35. The lowest BCUT2D eigenvalue weighted by molar-refractivity contribution is 0.583. The molecule has 1 unspecified atom stereocenters. The van der Waals surface area contributed by atoms with Crippen LogP contribution in [0.25, 0.3) is 0 Å². The second-order valence-corrected chi connectivity index (χ2v) is 8.67. The molecule has 0 amide bonds. The molecule has 2 N–H and O–H groups in total. The van der Waals surface area contributed by atoms with E-state index < -0.39 is 15.2 Å². The van der Waals surface area contributed by atoms with E-state index in [0.29, 0.717) is 23.8 Å². The van der Waals surface area contributed by atoms with Gasteiger partial charge in [0.2, 0.25) is 0 Å². The average Bonchev–Trinajstić information content (AvgIpc) is 2.35. The van der Waals surface area contributed by atoms with Crippen molar-refractivity contribution in [2.45, 2.75) is 12.3 Å². The van der Waals surface area contributed by atoms with Crippen LogP contribution in [0.3, 0.4) is 0 Å². The predicted molar refractivity (Wildman–Crippen MR) is 84.4 cm³/mol. The fourth-order valence-electron chi connectivity index (χ4n) is 1.96. The summed E-state index contributed by atoms with van der Waals surface area (Å²) in [5.41, 5.74) is 7.29. The maximum atomic E-state index is 11.9. The summed E-state index contributed by atoms with van der Waals surface area (Å²) in [7, 11) is -3.15. The van der Waals surface area contributed by atoms with Gasteiger partial charge in [-0.25, -0.2) is 13.4 Å². The van der Waals surface area contributed by atoms with E-state index in [-0.39, 0.29) is 0 Å². The van der Waals surface area contributed by atoms with Crippen LogP contribution in [-0.4, -0.2) is 43.1 Å². The molecular formula is C11H16BrN3O2S2. The third-order valence-corrected chi connectivity index (χ3v) is 6.73. The smallest absolute Gasteiger partial charge is 0.169 e. The average molecular weight is 366 g/mol. The van der Waals surface area contributed by atoms with E-state index in [1.165, 1.54) is 6.26 Å². The molecule has 2 heterocycles. The first-order chi connectivity index (χ1) is 8.82. The molecule has 0 spiro atoms. The van der Waals surface area contributed by atoms with Crippen molar-refractivity contribution in [2.75, 3.05) is 34.9 Å². The van der Waals surface area contributed by atoms with Crippen molar-refractivity contribution in [3.05, 3.63) is 16.2 Å². The van der Waals surface area contributed by atoms with Crippen LogP contribution in [0.4, 0.5) is 11.5 Å². The normalized spacial score (nSPS) is 20.6. The first kappa shape index (κ1) is 14.9. The molecule has 1 aromatic rings. The van der Waals surface area contributed by atoms with Crippen LogP contribution in [0.5, 0.6) is 0 Å². The Balaban J connectivity index is 2.47. The zero-order valence-electron chi connectivity index (χ0n) is 10.8. The summed E-state index contributed by atoms with van der Waals surface area (Å²) >= 11 is 5.13. The lowest BCUT2D eigenvalue weighted by Crippen LogP contribution is -2.47. The number of anilines is 2. The molecule has 2 rings (SSSR count). The van der Waals surface area contributed by atoms with Gasteiger partial charge in [0.15, 0.2) is 9.84 Å². The number of hydrogen-bond donors (Lipinski definition) is 1. The molecular weight excluding hydrogens is 350 g/mol. The van der Waals surface area contributed by atoms with Crippen LogP contribution in [0, 0.1) is 6.92 Å². The van der Waals surface area contributed by atoms with Crippen molar-refractivity contribution in [3.63, 3.8) is 0 Å². The molecule has 1 atom stereocenters. The summed E-state index contributed by atoms with van der Waals surface area (Å²) < 4.78 is 24.6. The highest BCUT2D eigenvalue weighted by Gasteiger charge is 2.33. The fraction of sp³-hybridized carbons (Fsp3) is 0.545. The van der Waals surface area contributed by atoms with Gasteiger partial charge in [-0.1, -0.05) is 0 Å². The van der Waals surface area contributed by atoms with Gasteiger partial charge in [-0.05, 0) is 28.4 Å². The fourth-order valence-corrected chi connectivity index (χ4v) is 5.33. The number of nitrogens with two attached hydrogens (primary N) is 1. The van der Waals surface area contributed by atoms with Crippen LogP contribution < -0.4 is 10.6 Å². The molecule has 1 aliphatic heterocycles. The Hall–Kier alpha value is -0.470. The zero-order valence-corrected chi connectivity index (χ0v) is 14.0. The maximum absolute atomic E-state index is 11.9. The molecule has 0 bridgehead atoms. The van der Waals surface area contributed by atoms with E-state index in [1.807, 2.05) is 11.8 Å². The van der Waals surface area contributed by atoms with Crippen molar-refractivity contribution < 1.29 is 8.42 Å². The summed E-state index contributed by atoms with van der Waals surface area (Å²) in [5, 5.41) is -0.530. The number of hydrogen-bond acceptors (Lipinski definition) is 6. The number of thioether (sulfide) groups is 1. The van der Waals surface area contributed by atoms with Gasteiger partial charge >= 0.3 is 0 Å². The van der Waals surface area contributed by atoms with Crippen molar-refractivity contribution in [1.82, 2.24) is 4.98 Å². The number of rotatable bonds is 2. The summed E-state index contributed by atoms with van der Waals surface area (Å²) in [6.07, 6.45) is 2.85. The molecule has 0 aliphatic carbocycles. The van der Waals surface area contributed by atoms with E-state index in [1.54, 1.807) is 18.0 Å². The molecule has 1 saturated heterocycles. The maximum Gasteiger partial charge on any atom is 0.169 e. The summed E-state index contributed by atoms with van der Waals surface area (Å²) in [6.45, 7) is 2.55. The Morgan fingerprint density at radius 3 is 2.89 bits per heavy atom. The van der Waals surface area contributed by atoms with Crippen molar-refractivity contribution >= 4 is 49.0 Å². The van der Waals surface area contributed by atoms with E-state index in [4.69, 9.17) is 5.73 Å². The molecule has 0 saturated carbocycles. The van der Waals surface area contributed by atoms with Gasteiger partial charge in [-0.2, -0.15) is 11.8 Å². The second-order valence-electron chi connectivity index (χ2n) is 4.53. The number of aromatic nitrogens is 1. The number of pyridine rings is 1. The van der Waals surface area contributed by atoms with Crippen molar-refractivity contribution in [1.29, 1.82) is 0 Å². The van der Waals surface area contributed by atoms with E-state index in [0.717, 1.165) is 15.8 Å². The van der Waals surface area contributed by atoms with Gasteiger partial charge in [-0.3, -0.25) is 0 Å². The van der Waals surface area contributed by atoms with E-state index in [2.05, 4.69) is 20.9 Å². The Morgan fingerprint density at radius 2 is 2.26 bits per heavy atom. The third-order valence-electron chi connectivity index (χ3n) is 3.14. The minimum absolute atomic E-state index is 0.530. The van der Waals surface area contributed by atoms with E-state index in [9.17, 15) is 8.42 Å².